The number of carbonyl (C=O) groups is 1. The molecule has 144 valence electrons. The number of carbonyl (C=O) groups excluding carboxylic acids is 1. The van der Waals surface area contributed by atoms with E-state index in [9.17, 15) is 13.2 Å². The Bertz CT molecular complexity index is 702. The van der Waals surface area contributed by atoms with Gasteiger partial charge in [-0.2, -0.15) is 4.31 Å². The van der Waals surface area contributed by atoms with Crippen molar-refractivity contribution in [2.24, 2.45) is 5.92 Å². The van der Waals surface area contributed by atoms with Gasteiger partial charge in [0.1, 0.15) is 0 Å². The van der Waals surface area contributed by atoms with Crippen molar-refractivity contribution >= 4 is 16.1 Å². The molecule has 7 nitrogen and oxygen atoms in total. The van der Waals surface area contributed by atoms with Crippen molar-refractivity contribution in [3.05, 3.63) is 35.9 Å². The number of ether oxygens (including phenoxy) is 1. The van der Waals surface area contributed by atoms with E-state index in [-0.39, 0.29) is 18.1 Å². The van der Waals surface area contributed by atoms with Crippen molar-refractivity contribution in [2.75, 3.05) is 45.6 Å². The molecule has 2 fully saturated rings. The fourth-order valence-electron chi connectivity index (χ4n) is 3.62. The standard InChI is InChI=1S/C18H27N3O4S/c1-26(23,24)21-11-9-20(10-12-21)18(22)19-14-16-8-5-13-25-17(16)15-6-3-2-4-7-15/h2-4,6-7,16-17H,5,8-14H2,1H3,(H,19,22). The van der Waals surface area contributed by atoms with Gasteiger partial charge in [-0.05, 0) is 18.4 Å². The number of rotatable bonds is 4. The molecule has 2 aliphatic heterocycles. The lowest BCUT2D eigenvalue weighted by Crippen LogP contribution is -2.53. The lowest BCUT2D eigenvalue weighted by molar-refractivity contribution is -0.0272. The van der Waals surface area contributed by atoms with Gasteiger partial charge in [-0.25, -0.2) is 13.2 Å². The number of urea groups is 1. The quantitative estimate of drug-likeness (QED) is 0.856. The van der Waals surface area contributed by atoms with E-state index in [1.54, 1.807) is 4.90 Å². The second-order valence-corrected chi connectivity index (χ2v) is 8.92. The van der Waals surface area contributed by atoms with Crippen LogP contribution in [-0.4, -0.2) is 69.2 Å². The molecular formula is C18H27N3O4S. The average molecular weight is 381 g/mol. The number of hydrogen-bond donors (Lipinski definition) is 1. The minimum atomic E-state index is -3.18. The number of piperazine rings is 1. The maximum atomic E-state index is 12.4. The first-order chi connectivity index (χ1) is 12.4. The second-order valence-electron chi connectivity index (χ2n) is 6.94. The smallest absolute Gasteiger partial charge is 0.317 e. The molecular weight excluding hydrogens is 354 g/mol. The molecule has 0 saturated carbocycles. The molecule has 3 rings (SSSR count). The molecule has 2 saturated heterocycles. The monoisotopic (exact) mass is 381 g/mol. The van der Waals surface area contributed by atoms with Crippen LogP contribution in [0.15, 0.2) is 30.3 Å². The molecule has 1 N–H and O–H groups in total. The van der Waals surface area contributed by atoms with Crippen molar-refractivity contribution in [3.8, 4) is 0 Å². The van der Waals surface area contributed by atoms with Crippen LogP contribution < -0.4 is 5.32 Å². The van der Waals surface area contributed by atoms with Crippen LogP contribution in [0.4, 0.5) is 4.79 Å². The third-order valence-electron chi connectivity index (χ3n) is 5.08. The summed E-state index contributed by atoms with van der Waals surface area (Å²) >= 11 is 0. The SMILES string of the molecule is CS(=O)(=O)N1CCN(C(=O)NCC2CCCOC2c2ccccc2)CC1. The molecule has 0 aliphatic carbocycles. The van der Waals surface area contributed by atoms with E-state index in [1.165, 1.54) is 10.6 Å². The van der Waals surface area contributed by atoms with Gasteiger partial charge >= 0.3 is 6.03 Å². The molecule has 0 radical (unpaired) electrons. The Morgan fingerprint density at radius 1 is 1.19 bits per heavy atom. The number of amides is 2. The highest BCUT2D eigenvalue weighted by atomic mass is 32.2. The van der Waals surface area contributed by atoms with Gasteiger partial charge < -0.3 is 15.0 Å². The summed E-state index contributed by atoms with van der Waals surface area (Å²) in [4.78, 5) is 14.1. The van der Waals surface area contributed by atoms with E-state index in [1.807, 2.05) is 18.2 Å². The molecule has 0 aromatic heterocycles. The minimum absolute atomic E-state index is 0.00679. The van der Waals surface area contributed by atoms with E-state index < -0.39 is 10.0 Å². The van der Waals surface area contributed by atoms with Crippen LogP contribution in [0, 0.1) is 5.92 Å². The predicted molar refractivity (Wildman–Crippen MR) is 99.2 cm³/mol. The van der Waals surface area contributed by atoms with Crippen LogP contribution in [0.5, 0.6) is 0 Å². The Kier molecular flexibility index (Phi) is 6.16. The van der Waals surface area contributed by atoms with E-state index >= 15 is 0 Å². The van der Waals surface area contributed by atoms with Crippen molar-refractivity contribution < 1.29 is 17.9 Å². The first kappa shape index (κ1) is 19.1. The van der Waals surface area contributed by atoms with Crippen molar-refractivity contribution in [1.82, 2.24) is 14.5 Å². The van der Waals surface area contributed by atoms with E-state index in [0.29, 0.717) is 32.7 Å². The predicted octanol–water partition coefficient (Wildman–Crippen LogP) is 1.44. The summed E-state index contributed by atoms with van der Waals surface area (Å²) in [5, 5.41) is 3.01. The molecule has 2 heterocycles. The third-order valence-corrected chi connectivity index (χ3v) is 6.39. The second kappa shape index (κ2) is 8.37. The van der Waals surface area contributed by atoms with Gasteiger partial charge in [-0.3, -0.25) is 0 Å². The minimum Gasteiger partial charge on any atom is -0.373 e. The fourth-order valence-corrected chi connectivity index (χ4v) is 4.44. The highest BCUT2D eigenvalue weighted by Gasteiger charge is 2.29. The van der Waals surface area contributed by atoms with Crippen LogP contribution >= 0.6 is 0 Å². The van der Waals surface area contributed by atoms with Crippen LogP contribution in [-0.2, 0) is 14.8 Å². The van der Waals surface area contributed by atoms with E-state index in [2.05, 4.69) is 17.4 Å². The molecule has 8 heteroatoms. The number of sulfonamides is 1. The molecule has 26 heavy (non-hydrogen) atoms. The summed E-state index contributed by atoms with van der Waals surface area (Å²) in [7, 11) is -3.18. The normalized spacial score (nSPS) is 25.0. The molecule has 1 aromatic rings. The van der Waals surface area contributed by atoms with E-state index in [4.69, 9.17) is 4.74 Å². The Morgan fingerprint density at radius 2 is 1.88 bits per heavy atom. The molecule has 2 aliphatic rings. The van der Waals surface area contributed by atoms with Gasteiger partial charge in [0.15, 0.2) is 0 Å². The highest BCUT2D eigenvalue weighted by molar-refractivity contribution is 7.88. The van der Waals surface area contributed by atoms with Gasteiger partial charge in [-0.15, -0.1) is 0 Å². The number of nitrogens with one attached hydrogen (secondary N) is 1. The average Bonchev–Trinajstić information content (AvgIpc) is 2.66. The summed E-state index contributed by atoms with van der Waals surface area (Å²) in [5.74, 6) is 0.243. The zero-order valence-corrected chi connectivity index (χ0v) is 16.0. The van der Waals surface area contributed by atoms with Crippen LogP contribution in [0.3, 0.4) is 0 Å². The summed E-state index contributed by atoms with van der Waals surface area (Å²) in [6.07, 6.45) is 3.22. The van der Waals surface area contributed by atoms with Gasteiger partial charge in [0.25, 0.3) is 0 Å². The number of benzene rings is 1. The molecule has 2 unspecified atom stereocenters. The van der Waals surface area contributed by atoms with Crippen molar-refractivity contribution in [3.63, 3.8) is 0 Å². The van der Waals surface area contributed by atoms with Crippen LogP contribution in [0.25, 0.3) is 0 Å². The van der Waals surface area contributed by atoms with Crippen molar-refractivity contribution in [1.29, 1.82) is 0 Å². The van der Waals surface area contributed by atoms with Gasteiger partial charge in [0.2, 0.25) is 10.0 Å². The van der Waals surface area contributed by atoms with E-state index in [0.717, 1.165) is 25.0 Å². The van der Waals surface area contributed by atoms with Gasteiger partial charge in [0.05, 0.1) is 12.4 Å². The van der Waals surface area contributed by atoms with Crippen molar-refractivity contribution in [2.45, 2.75) is 18.9 Å². The Balaban J connectivity index is 1.52. The lowest BCUT2D eigenvalue weighted by atomic mass is 9.89. The summed E-state index contributed by atoms with van der Waals surface area (Å²) in [5.41, 5.74) is 1.15. The van der Waals surface area contributed by atoms with Crippen LogP contribution in [0.2, 0.25) is 0 Å². The number of nitrogens with zero attached hydrogens (tertiary/aromatic N) is 2. The fraction of sp³-hybridized carbons (Fsp3) is 0.611. The molecule has 0 spiro atoms. The molecule has 2 atom stereocenters. The molecule has 1 aromatic carbocycles. The first-order valence-corrected chi connectivity index (χ1v) is 10.9. The molecule has 0 bridgehead atoms. The summed E-state index contributed by atoms with van der Waals surface area (Å²) in [6.45, 7) is 2.85. The third kappa shape index (κ3) is 4.75. The Hall–Kier alpha value is -1.64. The first-order valence-electron chi connectivity index (χ1n) is 9.09. The largest absolute Gasteiger partial charge is 0.373 e. The molecule has 2 amide bonds. The Morgan fingerprint density at radius 3 is 2.54 bits per heavy atom. The summed E-state index contributed by atoms with van der Waals surface area (Å²) in [6, 6.07) is 9.99. The zero-order chi connectivity index (χ0) is 18.6. The lowest BCUT2D eigenvalue weighted by Gasteiger charge is -2.35. The highest BCUT2D eigenvalue weighted by Crippen LogP contribution is 2.33. The topological polar surface area (TPSA) is 79.0 Å². The van der Waals surface area contributed by atoms with Gasteiger partial charge in [-0.1, -0.05) is 30.3 Å². The number of hydrogen-bond acceptors (Lipinski definition) is 4. The Labute approximate surface area is 155 Å². The summed E-state index contributed by atoms with van der Waals surface area (Å²) < 4.78 is 30.5. The zero-order valence-electron chi connectivity index (χ0n) is 15.1. The van der Waals surface area contributed by atoms with Crippen LogP contribution in [0.1, 0.15) is 24.5 Å². The van der Waals surface area contributed by atoms with Gasteiger partial charge in [0, 0.05) is 45.2 Å². The maximum absolute atomic E-state index is 12.4. The maximum Gasteiger partial charge on any atom is 0.317 e.